The molecule has 0 bridgehead atoms. The number of hydrogen-bond acceptors (Lipinski definition) is 7. The number of anilines is 1. The van der Waals surface area contributed by atoms with E-state index in [4.69, 9.17) is 10.5 Å². The van der Waals surface area contributed by atoms with E-state index in [1.807, 2.05) is 54.6 Å². The minimum absolute atomic E-state index is 0.00863. The third kappa shape index (κ3) is 6.52. The standard InChI is InChI=1S/C30H33N5O3/c1-3-35(4-2)15-16-38-27-14-6-5-11-23(27)26(36)18-21-9-7-10-22(17-21)19-32-30-25-13-8-12-24(29(31)37)28(25)33-20-34-30/h5-14,17,20H,3-4,15-16,18-19H2,1-2H3,(H2,31,37)(H,32,33,34). The van der Waals surface area contributed by atoms with E-state index >= 15 is 0 Å². The van der Waals surface area contributed by atoms with Crippen molar-refractivity contribution in [3.63, 3.8) is 0 Å². The van der Waals surface area contributed by atoms with Gasteiger partial charge in [0.05, 0.1) is 16.6 Å². The van der Waals surface area contributed by atoms with Crippen LogP contribution in [0.25, 0.3) is 10.9 Å². The van der Waals surface area contributed by atoms with Crippen LogP contribution in [-0.4, -0.2) is 52.8 Å². The second kappa shape index (κ2) is 12.8. The number of nitrogens with one attached hydrogen (secondary N) is 1. The summed E-state index contributed by atoms with van der Waals surface area (Å²) >= 11 is 0. The second-order valence-corrected chi connectivity index (χ2v) is 8.93. The number of amides is 1. The Labute approximate surface area is 222 Å². The molecule has 196 valence electrons. The molecular formula is C30H33N5O3. The minimum atomic E-state index is -0.534. The first-order valence-corrected chi connectivity index (χ1v) is 12.8. The van der Waals surface area contributed by atoms with Crippen LogP contribution in [-0.2, 0) is 13.0 Å². The highest BCUT2D eigenvalue weighted by atomic mass is 16.5. The fourth-order valence-corrected chi connectivity index (χ4v) is 4.39. The lowest BCUT2D eigenvalue weighted by Gasteiger charge is -2.18. The topological polar surface area (TPSA) is 110 Å². The van der Waals surface area contributed by atoms with Gasteiger partial charge in [0.1, 0.15) is 24.5 Å². The van der Waals surface area contributed by atoms with E-state index in [1.54, 1.807) is 12.1 Å². The number of aromatic nitrogens is 2. The molecule has 1 amide bonds. The Kier molecular flexibility index (Phi) is 9.00. The SMILES string of the molecule is CCN(CC)CCOc1ccccc1C(=O)Cc1cccc(CNc2ncnc3c(C(N)=O)cccc23)c1. The normalized spacial score (nSPS) is 11.0. The molecule has 38 heavy (non-hydrogen) atoms. The number of ketones is 1. The maximum atomic E-state index is 13.2. The molecule has 4 aromatic rings. The number of rotatable bonds is 13. The van der Waals surface area contributed by atoms with Crippen molar-refractivity contribution in [2.75, 3.05) is 31.6 Å². The summed E-state index contributed by atoms with van der Waals surface area (Å²) in [6, 6.07) is 20.6. The summed E-state index contributed by atoms with van der Waals surface area (Å²) in [5.41, 5.74) is 8.86. The molecule has 4 rings (SSSR count). The van der Waals surface area contributed by atoms with Gasteiger partial charge in [-0.2, -0.15) is 0 Å². The van der Waals surface area contributed by atoms with Gasteiger partial charge in [-0.3, -0.25) is 9.59 Å². The van der Waals surface area contributed by atoms with E-state index < -0.39 is 5.91 Å². The highest BCUT2D eigenvalue weighted by Gasteiger charge is 2.14. The van der Waals surface area contributed by atoms with Crippen LogP contribution in [0.4, 0.5) is 5.82 Å². The summed E-state index contributed by atoms with van der Waals surface area (Å²) in [4.78, 5) is 35.8. The molecule has 0 saturated carbocycles. The van der Waals surface area contributed by atoms with Crippen molar-refractivity contribution >= 4 is 28.4 Å². The summed E-state index contributed by atoms with van der Waals surface area (Å²) in [5.74, 6) is 0.701. The molecule has 0 aliphatic rings. The van der Waals surface area contributed by atoms with Crippen LogP contribution in [0.2, 0.25) is 0 Å². The van der Waals surface area contributed by atoms with Gasteiger partial charge < -0.3 is 20.7 Å². The molecule has 3 N–H and O–H groups in total. The predicted molar refractivity (Wildman–Crippen MR) is 150 cm³/mol. The first-order chi connectivity index (χ1) is 18.5. The van der Waals surface area contributed by atoms with Crippen LogP contribution in [0, 0.1) is 0 Å². The number of nitrogens with zero attached hydrogens (tertiary/aromatic N) is 3. The quantitative estimate of drug-likeness (QED) is 0.255. The first-order valence-electron chi connectivity index (χ1n) is 12.8. The zero-order chi connectivity index (χ0) is 26.9. The molecule has 0 atom stereocenters. The lowest BCUT2D eigenvalue weighted by Crippen LogP contribution is -2.28. The molecule has 1 heterocycles. The minimum Gasteiger partial charge on any atom is -0.491 e. The van der Waals surface area contributed by atoms with Crippen molar-refractivity contribution < 1.29 is 14.3 Å². The predicted octanol–water partition coefficient (Wildman–Crippen LogP) is 4.49. The third-order valence-electron chi connectivity index (χ3n) is 6.49. The highest BCUT2D eigenvalue weighted by molar-refractivity contribution is 6.06. The lowest BCUT2D eigenvalue weighted by atomic mass is 10.0. The largest absolute Gasteiger partial charge is 0.491 e. The molecule has 0 aliphatic heterocycles. The van der Waals surface area contributed by atoms with Crippen molar-refractivity contribution in [1.29, 1.82) is 0 Å². The zero-order valence-electron chi connectivity index (χ0n) is 21.8. The van der Waals surface area contributed by atoms with Gasteiger partial charge in [-0.15, -0.1) is 0 Å². The van der Waals surface area contributed by atoms with E-state index in [-0.39, 0.29) is 12.2 Å². The number of benzene rings is 3. The number of primary amides is 1. The fraction of sp³-hybridized carbons (Fsp3) is 0.267. The molecule has 0 aliphatic carbocycles. The first kappa shape index (κ1) is 26.8. The Morgan fingerprint density at radius 2 is 1.66 bits per heavy atom. The van der Waals surface area contributed by atoms with Crippen LogP contribution in [0.15, 0.2) is 73.1 Å². The molecule has 1 aromatic heterocycles. The smallest absolute Gasteiger partial charge is 0.250 e. The van der Waals surface area contributed by atoms with Crippen LogP contribution in [0.5, 0.6) is 5.75 Å². The number of carbonyl (C=O) groups is 2. The number of ether oxygens (including phenoxy) is 1. The molecule has 0 fully saturated rings. The maximum absolute atomic E-state index is 13.2. The molecule has 0 saturated heterocycles. The number of Topliss-reactive ketones (excluding diaryl/α,β-unsaturated/α-hetero) is 1. The number of fused-ring (bicyclic) bond motifs is 1. The highest BCUT2D eigenvalue weighted by Crippen LogP contribution is 2.23. The molecule has 0 unspecified atom stereocenters. The molecule has 3 aromatic carbocycles. The Hall–Kier alpha value is -4.30. The summed E-state index contributed by atoms with van der Waals surface area (Å²) < 4.78 is 5.99. The number of likely N-dealkylation sites (N-methyl/N-ethyl adjacent to an activating group) is 1. The molecular weight excluding hydrogens is 478 g/mol. The van der Waals surface area contributed by atoms with E-state index in [0.717, 1.165) is 30.8 Å². The Morgan fingerprint density at radius 3 is 2.45 bits per heavy atom. The van der Waals surface area contributed by atoms with Crippen molar-refractivity contribution in [1.82, 2.24) is 14.9 Å². The summed E-state index contributed by atoms with van der Waals surface area (Å²) in [6.07, 6.45) is 1.68. The molecule has 0 radical (unpaired) electrons. The second-order valence-electron chi connectivity index (χ2n) is 8.93. The Morgan fingerprint density at radius 1 is 0.921 bits per heavy atom. The number of hydrogen-bond donors (Lipinski definition) is 2. The van der Waals surface area contributed by atoms with Crippen molar-refractivity contribution in [2.24, 2.45) is 5.73 Å². The van der Waals surface area contributed by atoms with Gasteiger partial charge in [-0.05, 0) is 48.5 Å². The molecule has 0 spiro atoms. The number of para-hydroxylation sites is 2. The summed E-state index contributed by atoms with van der Waals surface area (Å²) in [5, 5.41) is 4.04. The zero-order valence-corrected chi connectivity index (χ0v) is 21.8. The van der Waals surface area contributed by atoms with Gasteiger partial charge in [0.25, 0.3) is 5.91 Å². The van der Waals surface area contributed by atoms with E-state index in [1.165, 1.54) is 6.33 Å². The maximum Gasteiger partial charge on any atom is 0.250 e. The summed E-state index contributed by atoms with van der Waals surface area (Å²) in [7, 11) is 0. The number of nitrogens with two attached hydrogens (primary N) is 1. The average Bonchev–Trinajstić information content (AvgIpc) is 2.94. The van der Waals surface area contributed by atoms with Gasteiger partial charge >= 0.3 is 0 Å². The van der Waals surface area contributed by atoms with Crippen LogP contribution < -0.4 is 15.8 Å². The Balaban J connectivity index is 1.43. The van der Waals surface area contributed by atoms with E-state index in [2.05, 4.69) is 34.0 Å². The van der Waals surface area contributed by atoms with Crippen LogP contribution >= 0.6 is 0 Å². The van der Waals surface area contributed by atoms with Crippen LogP contribution in [0.1, 0.15) is 45.7 Å². The fourth-order valence-electron chi connectivity index (χ4n) is 4.39. The van der Waals surface area contributed by atoms with Crippen molar-refractivity contribution in [2.45, 2.75) is 26.8 Å². The van der Waals surface area contributed by atoms with Gasteiger partial charge in [-0.1, -0.05) is 56.3 Å². The Bertz CT molecular complexity index is 1420. The van der Waals surface area contributed by atoms with Crippen molar-refractivity contribution in [3.05, 3.63) is 95.3 Å². The van der Waals surface area contributed by atoms with E-state index in [0.29, 0.717) is 46.7 Å². The van der Waals surface area contributed by atoms with Crippen molar-refractivity contribution in [3.8, 4) is 5.75 Å². The van der Waals surface area contributed by atoms with Gasteiger partial charge in [0, 0.05) is 24.9 Å². The average molecular weight is 512 g/mol. The van der Waals surface area contributed by atoms with Crippen LogP contribution in [0.3, 0.4) is 0 Å². The third-order valence-corrected chi connectivity index (χ3v) is 6.49. The van der Waals surface area contributed by atoms with E-state index in [9.17, 15) is 9.59 Å². The van der Waals surface area contributed by atoms with Gasteiger partial charge in [-0.25, -0.2) is 9.97 Å². The molecule has 8 heteroatoms. The van der Waals surface area contributed by atoms with Gasteiger partial charge in [0.15, 0.2) is 5.78 Å². The number of carbonyl (C=O) groups excluding carboxylic acids is 2. The molecule has 8 nitrogen and oxygen atoms in total. The lowest BCUT2D eigenvalue weighted by molar-refractivity contribution is 0.0984. The monoisotopic (exact) mass is 511 g/mol. The summed E-state index contributed by atoms with van der Waals surface area (Å²) in [6.45, 7) is 8.02. The van der Waals surface area contributed by atoms with Gasteiger partial charge in [0.2, 0.25) is 0 Å².